The fraction of sp³-hybridized carbons (Fsp3) is 0.684. The highest BCUT2D eigenvalue weighted by Crippen LogP contribution is 2.60. The van der Waals surface area contributed by atoms with Crippen molar-refractivity contribution in [2.24, 2.45) is 23.0 Å². The van der Waals surface area contributed by atoms with Crippen LogP contribution in [0.25, 0.3) is 0 Å². The van der Waals surface area contributed by atoms with Gasteiger partial charge in [-0.3, -0.25) is 0 Å². The fourth-order valence-corrected chi connectivity index (χ4v) is 5.73. The van der Waals surface area contributed by atoms with Gasteiger partial charge in [-0.05, 0) is 85.0 Å². The monoisotopic (exact) mass is 285 g/mol. The van der Waals surface area contributed by atoms with Crippen LogP contribution < -0.4 is 10.5 Å². The second-order valence-electron chi connectivity index (χ2n) is 7.71. The van der Waals surface area contributed by atoms with Crippen molar-refractivity contribution in [2.45, 2.75) is 57.4 Å². The van der Waals surface area contributed by atoms with Gasteiger partial charge in [0.25, 0.3) is 0 Å². The first-order valence-corrected chi connectivity index (χ1v) is 8.56. The van der Waals surface area contributed by atoms with Gasteiger partial charge in [-0.2, -0.15) is 0 Å². The normalized spacial score (nSPS) is 41.1. The maximum absolute atomic E-state index is 6.46. The maximum Gasteiger partial charge on any atom is 0.119 e. The Balaban J connectivity index is 1.68. The Bertz CT molecular complexity index is 554. The number of hydrogen-bond acceptors (Lipinski definition) is 2. The summed E-state index contributed by atoms with van der Waals surface area (Å²) < 4.78 is 5.40. The van der Waals surface area contributed by atoms with Gasteiger partial charge in [0, 0.05) is 6.04 Å². The predicted molar refractivity (Wildman–Crippen MR) is 85.6 cm³/mol. The molecule has 2 fully saturated rings. The molecule has 0 aromatic heterocycles. The molecule has 2 heteroatoms. The molecule has 2 nitrogen and oxygen atoms in total. The van der Waals surface area contributed by atoms with E-state index in [2.05, 4.69) is 25.1 Å². The van der Waals surface area contributed by atoms with E-state index in [1.807, 2.05) is 0 Å². The average Bonchev–Trinajstić information content (AvgIpc) is 2.82. The summed E-state index contributed by atoms with van der Waals surface area (Å²) in [5.41, 5.74) is 10.0. The lowest BCUT2D eigenvalue weighted by atomic mass is 9.55. The molecule has 1 aromatic carbocycles. The van der Waals surface area contributed by atoms with Crippen LogP contribution in [0, 0.1) is 17.3 Å². The summed E-state index contributed by atoms with van der Waals surface area (Å²) >= 11 is 0. The minimum atomic E-state index is 0.408. The summed E-state index contributed by atoms with van der Waals surface area (Å²) in [4.78, 5) is 0. The number of nitrogens with two attached hydrogens (primary N) is 1. The second kappa shape index (κ2) is 4.74. The van der Waals surface area contributed by atoms with Crippen molar-refractivity contribution in [1.29, 1.82) is 0 Å². The van der Waals surface area contributed by atoms with Gasteiger partial charge in [-0.25, -0.2) is 0 Å². The third-order valence-electron chi connectivity index (χ3n) is 7.01. The molecule has 1 aromatic rings. The van der Waals surface area contributed by atoms with E-state index in [0.717, 1.165) is 23.5 Å². The van der Waals surface area contributed by atoms with Gasteiger partial charge < -0.3 is 10.5 Å². The molecular formula is C19H27NO. The van der Waals surface area contributed by atoms with Crippen molar-refractivity contribution in [2.75, 3.05) is 7.11 Å². The van der Waals surface area contributed by atoms with Crippen LogP contribution in [0.3, 0.4) is 0 Å². The molecule has 0 radical (unpaired) electrons. The molecule has 5 atom stereocenters. The molecule has 0 amide bonds. The molecule has 21 heavy (non-hydrogen) atoms. The summed E-state index contributed by atoms with van der Waals surface area (Å²) in [5, 5.41) is 0. The molecule has 0 heterocycles. The second-order valence-corrected chi connectivity index (χ2v) is 7.71. The summed E-state index contributed by atoms with van der Waals surface area (Å²) in [7, 11) is 1.76. The zero-order valence-corrected chi connectivity index (χ0v) is 13.3. The molecule has 0 spiro atoms. The molecule has 2 saturated carbocycles. The Labute approximate surface area is 128 Å². The van der Waals surface area contributed by atoms with Crippen molar-refractivity contribution in [3.05, 3.63) is 29.3 Å². The van der Waals surface area contributed by atoms with E-state index in [-0.39, 0.29) is 0 Å². The van der Waals surface area contributed by atoms with Gasteiger partial charge in [0.2, 0.25) is 0 Å². The lowest BCUT2D eigenvalue weighted by molar-refractivity contribution is 0.0496. The summed E-state index contributed by atoms with van der Waals surface area (Å²) in [5.74, 6) is 3.48. The minimum absolute atomic E-state index is 0.408. The van der Waals surface area contributed by atoms with E-state index in [4.69, 9.17) is 10.5 Å². The number of methoxy groups -OCH3 is 1. The summed E-state index contributed by atoms with van der Waals surface area (Å²) in [6, 6.07) is 7.18. The topological polar surface area (TPSA) is 35.2 Å². The highest BCUT2D eigenvalue weighted by molar-refractivity contribution is 5.40. The van der Waals surface area contributed by atoms with E-state index in [1.54, 1.807) is 12.7 Å². The van der Waals surface area contributed by atoms with Gasteiger partial charge in [0.05, 0.1) is 7.11 Å². The van der Waals surface area contributed by atoms with Crippen LogP contribution >= 0.6 is 0 Å². The standard InChI is InChI=1S/C19H27NO/c1-19-10-9-15-14-6-4-13(21-2)11-12(14)3-5-16(15)17(19)7-8-18(19)20/h4,6,11,15-18H,3,5,7-10,20H2,1-2H3/t15-,16-,17+,18+,19+/m1/s1. The average molecular weight is 285 g/mol. The number of benzene rings is 1. The van der Waals surface area contributed by atoms with Crippen LogP contribution in [0.5, 0.6) is 5.75 Å². The smallest absolute Gasteiger partial charge is 0.119 e. The first kappa shape index (κ1) is 13.6. The molecule has 0 saturated heterocycles. The van der Waals surface area contributed by atoms with E-state index in [0.29, 0.717) is 11.5 Å². The van der Waals surface area contributed by atoms with Gasteiger partial charge in [-0.1, -0.05) is 13.0 Å². The number of hydrogen-bond donors (Lipinski definition) is 1. The van der Waals surface area contributed by atoms with Crippen LogP contribution in [-0.2, 0) is 6.42 Å². The Morgan fingerprint density at radius 1 is 1.19 bits per heavy atom. The first-order valence-electron chi connectivity index (χ1n) is 8.56. The van der Waals surface area contributed by atoms with Gasteiger partial charge in [0.15, 0.2) is 0 Å². The Hall–Kier alpha value is -1.02. The first-order chi connectivity index (χ1) is 10.1. The van der Waals surface area contributed by atoms with Crippen molar-refractivity contribution < 1.29 is 4.74 Å². The minimum Gasteiger partial charge on any atom is -0.497 e. The summed E-state index contributed by atoms with van der Waals surface area (Å²) in [6.07, 6.45) is 7.79. The van der Waals surface area contributed by atoms with Crippen LogP contribution in [0.4, 0.5) is 0 Å². The highest BCUT2D eigenvalue weighted by atomic mass is 16.5. The van der Waals surface area contributed by atoms with Crippen LogP contribution in [0.15, 0.2) is 18.2 Å². The van der Waals surface area contributed by atoms with Crippen molar-refractivity contribution in [3.8, 4) is 5.75 Å². The van der Waals surface area contributed by atoms with Crippen LogP contribution in [0.2, 0.25) is 0 Å². The molecular weight excluding hydrogens is 258 g/mol. The van der Waals surface area contributed by atoms with E-state index in [9.17, 15) is 0 Å². The molecule has 114 valence electrons. The van der Waals surface area contributed by atoms with Crippen LogP contribution in [0.1, 0.15) is 56.1 Å². The van der Waals surface area contributed by atoms with Crippen molar-refractivity contribution in [1.82, 2.24) is 0 Å². The maximum atomic E-state index is 6.46. The fourth-order valence-electron chi connectivity index (χ4n) is 5.73. The Morgan fingerprint density at radius 3 is 2.86 bits per heavy atom. The molecule has 0 aliphatic heterocycles. The molecule has 0 unspecified atom stereocenters. The highest BCUT2D eigenvalue weighted by Gasteiger charge is 2.53. The lowest BCUT2D eigenvalue weighted by Crippen LogP contribution is -2.46. The van der Waals surface area contributed by atoms with Gasteiger partial charge in [-0.15, -0.1) is 0 Å². The Morgan fingerprint density at radius 2 is 2.05 bits per heavy atom. The van der Waals surface area contributed by atoms with E-state index < -0.39 is 0 Å². The van der Waals surface area contributed by atoms with Gasteiger partial charge >= 0.3 is 0 Å². The number of ether oxygens (including phenoxy) is 1. The van der Waals surface area contributed by atoms with Crippen molar-refractivity contribution in [3.63, 3.8) is 0 Å². The molecule has 4 rings (SSSR count). The van der Waals surface area contributed by atoms with E-state index >= 15 is 0 Å². The van der Waals surface area contributed by atoms with Gasteiger partial charge in [0.1, 0.15) is 5.75 Å². The zero-order valence-electron chi connectivity index (χ0n) is 13.3. The lowest BCUT2D eigenvalue weighted by Gasteiger charge is -2.50. The summed E-state index contributed by atoms with van der Waals surface area (Å²) in [6.45, 7) is 2.47. The van der Waals surface area contributed by atoms with E-state index in [1.165, 1.54) is 44.1 Å². The molecule has 3 aliphatic carbocycles. The number of fused-ring (bicyclic) bond motifs is 5. The molecule has 0 bridgehead atoms. The van der Waals surface area contributed by atoms with Crippen LogP contribution in [-0.4, -0.2) is 13.2 Å². The largest absolute Gasteiger partial charge is 0.497 e. The zero-order chi connectivity index (χ0) is 14.6. The Kier molecular flexibility index (Phi) is 3.08. The predicted octanol–water partition coefficient (Wildman–Crippen LogP) is 3.88. The third-order valence-corrected chi connectivity index (χ3v) is 7.01. The number of rotatable bonds is 1. The molecule has 2 N–H and O–H groups in total. The number of aryl methyl sites for hydroxylation is 1. The SMILES string of the molecule is COc1ccc2c(c1)CC[C@@H]1[C@@H]2CC[C@]2(C)[C@@H](N)CC[C@@H]12. The molecule has 3 aliphatic rings. The third kappa shape index (κ3) is 1.88. The van der Waals surface area contributed by atoms with Crippen molar-refractivity contribution >= 4 is 0 Å². The quantitative estimate of drug-likeness (QED) is 0.850.